The van der Waals surface area contributed by atoms with Crippen molar-refractivity contribution in [3.05, 3.63) is 95.0 Å². The first-order chi connectivity index (χ1) is 14.7. The first kappa shape index (κ1) is 18.5. The molecular weight excluding hydrogens is 394 g/mol. The van der Waals surface area contributed by atoms with Crippen molar-refractivity contribution in [2.75, 3.05) is 17.3 Å². The van der Waals surface area contributed by atoms with Crippen molar-refractivity contribution >= 4 is 34.9 Å². The monoisotopic (exact) mass is 413 g/mol. The largest absolute Gasteiger partial charge is 0.497 e. The topological polar surface area (TPSA) is 65.4 Å². The van der Waals surface area contributed by atoms with Crippen molar-refractivity contribution in [2.45, 2.75) is 10.8 Å². The normalized spacial score (nSPS) is 20.3. The lowest BCUT2D eigenvalue weighted by Gasteiger charge is -2.17. The summed E-state index contributed by atoms with van der Waals surface area (Å²) in [4.78, 5) is 16.2. The third kappa shape index (κ3) is 2.97. The number of benzene rings is 3. The van der Waals surface area contributed by atoms with Crippen LogP contribution in [0.1, 0.15) is 11.5 Å². The first-order valence-corrected chi connectivity index (χ1v) is 10.4. The summed E-state index contributed by atoms with van der Waals surface area (Å²) in [6, 6.07) is 24.9. The number of amides is 1. The van der Waals surface area contributed by atoms with Crippen molar-refractivity contribution in [2.24, 2.45) is 0 Å². The quantitative estimate of drug-likeness (QED) is 0.617. The molecule has 0 aromatic heterocycles. The second kappa shape index (κ2) is 7.39. The average molecular weight is 414 g/mol. The number of nitrogens with one attached hydrogen (secondary N) is 2. The van der Waals surface area contributed by atoms with Crippen molar-refractivity contribution in [3.63, 3.8) is 0 Å². The molecule has 0 unspecified atom stereocenters. The summed E-state index contributed by atoms with van der Waals surface area (Å²) < 4.78 is 5.33. The summed E-state index contributed by atoms with van der Waals surface area (Å²) in [5, 5.41) is 13.2. The summed E-state index contributed by atoms with van der Waals surface area (Å²) in [6.45, 7) is 0. The van der Waals surface area contributed by atoms with E-state index >= 15 is 0 Å². The molecular formula is C24H19N3O2S. The van der Waals surface area contributed by atoms with E-state index in [4.69, 9.17) is 10.1 Å². The highest BCUT2D eigenvalue weighted by molar-refractivity contribution is 8.03. The smallest absolute Gasteiger partial charge is 0.244 e. The van der Waals surface area contributed by atoms with Gasteiger partial charge in [-0.1, -0.05) is 60.3 Å². The van der Waals surface area contributed by atoms with Crippen LogP contribution >= 0.6 is 11.8 Å². The van der Waals surface area contributed by atoms with E-state index < -0.39 is 5.92 Å². The second-order valence-electron chi connectivity index (χ2n) is 7.03. The van der Waals surface area contributed by atoms with E-state index in [1.165, 1.54) is 4.90 Å². The number of para-hydroxylation sites is 1. The van der Waals surface area contributed by atoms with E-state index in [9.17, 15) is 4.79 Å². The molecule has 2 N–H and O–H groups in total. The van der Waals surface area contributed by atoms with Gasteiger partial charge in [0.15, 0.2) is 0 Å². The first-order valence-electron chi connectivity index (χ1n) is 9.57. The number of hydrogen-bond donors (Lipinski definition) is 2. The fourth-order valence-corrected chi connectivity index (χ4v) is 4.94. The Hall–Kier alpha value is -3.51. The molecule has 1 saturated heterocycles. The Morgan fingerprint density at radius 3 is 2.53 bits per heavy atom. The van der Waals surface area contributed by atoms with Crippen molar-refractivity contribution in [1.82, 2.24) is 0 Å². The Labute approximate surface area is 178 Å². The maximum atomic E-state index is 13.6. The van der Waals surface area contributed by atoms with Gasteiger partial charge < -0.3 is 10.1 Å². The van der Waals surface area contributed by atoms with Gasteiger partial charge in [0.2, 0.25) is 5.91 Å². The molecule has 6 heteroatoms. The number of nitrogens with zero attached hydrogens (tertiary/aromatic N) is 1. The second-order valence-corrected chi connectivity index (χ2v) is 8.09. The number of anilines is 2. The average Bonchev–Trinajstić information content (AvgIpc) is 3.32. The molecule has 0 aliphatic carbocycles. The van der Waals surface area contributed by atoms with Crippen LogP contribution in [0.2, 0.25) is 0 Å². The van der Waals surface area contributed by atoms with Crippen LogP contribution in [-0.4, -0.2) is 18.9 Å². The molecule has 30 heavy (non-hydrogen) atoms. The third-order valence-corrected chi connectivity index (χ3v) is 6.37. The number of carbonyl (C=O) groups excluding carboxylic acids is 1. The predicted octanol–water partition coefficient (Wildman–Crippen LogP) is 5.23. The van der Waals surface area contributed by atoms with Crippen LogP contribution in [-0.2, 0) is 4.79 Å². The molecule has 3 aromatic carbocycles. The van der Waals surface area contributed by atoms with Crippen LogP contribution in [0.25, 0.3) is 0 Å². The number of methoxy groups -OCH3 is 1. The molecule has 0 saturated carbocycles. The zero-order chi connectivity index (χ0) is 20.7. The molecule has 0 spiro atoms. The van der Waals surface area contributed by atoms with Gasteiger partial charge >= 0.3 is 0 Å². The number of thioether (sulfide) groups is 1. The van der Waals surface area contributed by atoms with Gasteiger partial charge in [0.1, 0.15) is 11.6 Å². The predicted molar refractivity (Wildman–Crippen MR) is 120 cm³/mol. The van der Waals surface area contributed by atoms with E-state index in [0.29, 0.717) is 17.0 Å². The summed E-state index contributed by atoms with van der Waals surface area (Å²) in [5.74, 6) is 0.144. The van der Waals surface area contributed by atoms with Crippen LogP contribution in [0, 0.1) is 5.41 Å². The Morgan fingerprint density at radius 1 is 1.00 bits per heavy atom. The summed E-state index contributed by atoms with van der Waals surface area (Å²) in [5.41, 5.74) is 3.19. The van der Waals surface area contributed by atoms with Gasteiger partial charge in [-0.2, -0.15) is 0 Å². The van der Waals surface area contributed by atoms with Gasteiger partial charge in [-0.3, -0.25) is 15.1 Å². The molecule has 5 rings (SSSR count). The molecule has 0 radical (unpaired) electrons. The number of rotatable bonds is 3. The van der Waals surface area contributed by atoms with Gasteiger partial charge in [0.05, 0.1) is 29.4 Å². The summed E-state index contributed by atoms with van der Waals surface area (Å²) in [7, 11) is 1.59. The number of carbonyl (C=O) groups is 1. The Balaban J connectivity index is 1.65. The van der Waals surface area contributed by atoms with Crippen LogP contribution in [0.3, 0.4) is 0 Å². The maximum absolute atomic E-state index is 13.6. The van der Waals surface area contributed by atoms with Gasteiger partial charge in [-0.25, -0.2) is 0 Å². The minimum Gasteiger partial charge on any atom is -0.497 e. The highest BCUT2D eigenvalue weighted by Gasteiger charge is 2.45. The SMILES string of the molecule is COc1cccc(N2C(=N)/C(=C3/Nc4ccccc4S3)[C@@H](c3ccccc3)C2=O)c1. The molecule has 5 nitrogen and oxygen atoms in total. The standard InChI is InChI=1S/C24H19N3O2S/c1-29-17-11-7-10-16(14-17)27-22(25)21(20(24(27)28)15-8-3-2-4-9-15)23-26-18-12-5-6-13-19(18)30-23/h2-14,20,25-26H,1H3/b23-21-,25-22?/t20-/m1/s1. The summed E-state index contributed by atoms with van der Waals surface area (Å²) in [6.07, 6.45) is 0. The molecule has 2 aliphatic heterocycles. The number of ether oxygens (including phenoxy) is 1. The minimum absolute atomic E-state index is 0.139. The Bertz CT molecular complexity index is 1160. The van der Waals surface area contributed by atoms with E-state index in [0.717, 1.165) is 21.2 Å². The lowest BCUT2D eigenvalue weighted by atomic mass is 9.93. The Morgan fingerprint density at radius 2 is 1.77 bits per heavy atom. The minimum atomic E-state index is -0.547. The van der Waals surface area contributed by atoms with Crippen LogP contribution in [0.4, 0.5) is 11.4 Å². The van der Waals surface area contributed by atoms with Gasteiger partial charge in [0.25, 0.3) is 0 Å². The fraction of sp³-hybridized carbons (Fsp3) is 0.0833. The highest BCUT2D eigenvalue weighted by atomic mass is 32.2. The van der Waals surface area contributed by atoms with Crippen LogP contribution < -0.4 is 15.0 Å². The molecule has 1 atom stereocenters. The Kier molecular flexibility index (Phi) is 4.56. The van der Waals surface area contributed by atoms with E-state index in [2.05, 4.69) is 5.32 Å². The molecule has 2 aliphatic rings. The summed E-state index contributed by atoms with van der Waals surface area (Å²) >= 11 is 1.57. The van der Waals surface area contributed by atoms with Crippen molar-refractivity contribution < 1.29 is 9.53 Å². The zero-order valence-electron chi connectivity index (χ0n) is 16.3. The van der Waals surface area contributed by atoms with Crippen molar-refractivity contribution in [1.29, 1.82) is 5.41 Å². The zero-order valence-corrected chi connectivity index (χ0v) is 17.1. The lowest BCUT2D eigenvalue weighted by molar-refractivity contribution is -0.117. The number of fused-ring (bicyclic) bond motifs is 1. The van der Waals surface area contributed by atoms with Crippen LogP contribution in [0.5, 0.6) is 5.75 Å². The fourth-order valence-electron chi connectivity index (χ4n) is 3.86. The van der Waals surface area contributed by atoms with E-state index in [1.54, 1.807) is 24.9 Å². The lowest BCUT2D eigenvalue weighted by Crippen LogP contribution is -2.29. The highest BCUT2D eigenvalue weighted by Crippen LogP contribution is 2.48. The molecule has 0 bridgehead atoms. The maximum Gasteiger partial charge on any atom is 0.244 e. The molecule has 148 valence electrons. The molecule has 1 fully saturated rings. The van der Waals surface area contributed by atoms with Crippen molar-refractivity contribution in [3.8, 4) is 5.75 Å². The van der Waals surface area contributed by atoms with Gasteiger partial charge in [-0.15, -0.1) is 0 Å². The molecule has 3 aromatic rings. The molecule has 1 amide bonds. The van der Waals surface area contributed by atoms with E-state index in [1.807, 2.05) is 72.8 Å². The van der Waals surface area contributed by atoms with Crippen LogP contribution in [0.15, 0.2) is 94.4 Å². The third-order valence-electron chi connectivity index (χ3n) is 5.27. The van der Waals surface area contributed by atoms with Gasteiger partial charge in [-0.05, 0) is 29.8 Å². The number of hydrogen-bond acceptors (Lipinski definition) is 5. The molecule has 2 heterocycles. The number of amidine groups is 1. The van der Waals surface area contributed by atoms with E-state index in [-0.39, 0.29) is 11.7 Å². The van der Waals surface area contributed by atoms with Gasteiger partial charge in [0, 0.05) is 16.5 Å².